The van der Waals surface area contributed by atoms with E-state index in [4.69, 9.17) is 5.11 Å². The number of rotatable bonds is 4. The lowest BCUT2D eigenvalue weighted by molar-refractivity contribution is 0.0942. The molecule has 1 aliphatic rings. The van der Waals surface area contributed by atoms with Gasteiger partial charge in [-0.1, -0.05) is 24.7 Å². The Labute approximate surface area is 119 Å². The highest BCUT2D eigenvalue weighted by Crippen LogP contribution is 2.23. The molecule has 4 nitrogen and oxygen atoms in total. The lowest BCUT2D eigenvalue weighted by atomic mass is 10.1. The van der Waals surface area contributed by atoms with Crippen LogP contribution >= 0.6 is 0 Å². The van der Waals surface area contributed by atoms with E-state index in [2.05, 4.69) is 22.1 Å². The number of nitrogens with one attached hydrogen (secondary N) is 1. The van der Waals surface area contributed by atoms with Crippen molar-refractivity contribution in [3.63, 3.8) is 0 Å². The average Bonchev–Trinajstić information content (AvgIpc) is 2.99. The molecule has 1 heterocycles. The van der Waals surface area contributed by atoms with E-state index in [-0.39, 0.29) is 12.5 Å². The van der Waals surface area contributed by atoms with Crippen molar-refractivity contribution in [3.8, 4) is 11.8 Å². The number of nitrogens with zero attached hydrogens (tertiary/aromatic N) is 1. The Morgan fingerprint density at radius 2 is 2.20 bits per heavy atom. The molecule has 0 aliphatic heterocycles. The molecule has 0 aromatic carbocycles. The van der Waals surface area contributed by atoms with Crippen molar-refractivity contribution in [1.29, 1.82) is 0 Å². The number of carbonyl (C=O) groups excluding carboxylic acids is 1. The van der Waals surface area contributed by atoms with Gasteiger partial charge in [0, 0.05) is 24.7 Å². The summed E-state index contributed by atoms with van der Waals surface area (Å²) in [5, 5.41) is 11.6. The molecule has 1 fully saturated rings. The first-order chi connectivity index (χ1) is 9.79. The minimum Gasteiger partial charge on any atom is -0.395 e. The number of carbonyl (C=O) groups is 1. The van der Waals surface area contributed by atoms with Crippen LogP contribution in [0.5, 0.6) is 0 Å². The first-order valence-electron chi connectivity index (χ1n) is 7.13. The Balaban J connectivity index is 1.85. The van der Waals surface area contributed by atoms with Crippen molar-refractivity contribution >= 4 is 5.91 Å². The summed E-state index contributed by atoms with van der Waals surface area (Å²) in [7, 11) is 0. The molecule has 2 N–H and O–H groups in total. The molecule has 4 heteroatoms. The third-order valence-corrected chi connectivity index (χ3v) is 3.49. The van der Waals surface area contributed by atoms with E-state index in [1.165, 1.54) is 25.7 Å². The lowest BCUT2D eigenvalue weighted by Crippen LogP contribution is -2.28. The fourth-order valence-electron chi connectivity index (χ4n) is 2.36. The van der Waals surface area contributed by atoms with Crippen LogP contribution in [0.2, 0.25) is 0 Å². The van der Waals surface area contributed by atoms with Gasteiger partial charge in [-0.15, -0.1) is 0 Å². The normalized spacial score (nSPS) is 14.7. The Morgan fingerprint density at radius 3 is 2.85 bits per heavy atom. The number of hydrogen-bond donors (Lipinski definition) is 2. The van der Waals surface area contributed by atoms with Crippen LogP contribution in [0, 0.1) is 17.8 Å². The van der Waals surface area contributed by atoms with Crippen LogP contribution < -0.4 is 5.32 Å². The maximum atomic E-state index is 11.9. The predicted octanol–water partition coefficient (Wildman–Crippen LogP) is 1.74. The number of amides is 1. The van der Waals surface area contributed by atoms with Crippen LogP contribution in [0.1, 0.15) is 48.2 Å². The molecular weight excluding hydrogens is 252 g/mol. The molecule has 1 aromatic heterocycles. The number of pyridine rings is 1. The molecule has 0 spiro atoms. The Hall–Kier alpha value is -1.86. The first-order valence-corrected chi connectivity index (χ1v) is 7.13. The van der Waals surface area contributed by atoms with Gasteiger partial charge in [-0.3, -0.25) is 4.79 Å². The van der Waals surface area contributed by atoms with Gasteiger partial charge in [0.15, 0.2) is 0 Å². The molecule has 106 valence electrons. The van der Waals surface area contributed by atoms with Crippen LogP contribution in [0.3, 0.4) is 0 Å². The maximum absolute atomic E-state index is 11.9. The fraction of sp³-hybridized carbons (Fsp3) is 0.500. The maximum Gasteiger partial charge on any atom is 0.269 e. The van der Waals surface area contributed by atoms with Gasteiger partial charge in [0.05, 0.1) is 6.61 Å². The van der Waals surface area contributed by atoms with Gasteiger partial charge >= 0.3 is 0 Å². The predicted molar refractivity (Wildman–Crippen MR) is 77.1 cm³/mol. The largest absolute Gasteiger partial charge is 0.395 e. The highest BCUT2D eigenvalue weighted by molar-refractivity contribution is 5.92. The second-order valence-corrected chi connectivity index (χ2v) is 5.07. The highest BCUT2D eigenvalue weighted by Gasteiger charge is 2.16. The highest BCUT2D eigenvalue weighted by atomic mass is 16.2. The van der Waals surface area contributed by atoms with E-state index >= 15 is 0 Å². The second kappa shape index (κ2) is 7.66. The van der Waals surface area contributed by atoms with Gasteiger partial charge in [-0.05, 0) is 30.9 Å². The lowest BCUT2D eigenvalue weighted by Gasteiger charge is -2.10. The Bertz CT molecular complexity index is 493. The SMILES string of the molecule is O=C(NCC1CCCC1)c1ccc(C#CCCO)cn1. The Kier molecular flexibility index (Phi) is 5.57. The smallest absolute Gasteiger partial charge is 0.269 e. The van der Waals surface area contributed by atoms with E-state index in [1.807, 2.05) is 0 Å². The minimum absolute atomic E-state index is 0.0576. The summed E-state index contributed by atoms with van der Waals surface area (Å²) < 4.78 is 0. The third kappa shape index (κ3) is 4.36. The van der Waals surface area contributed by atoms with Crippen molar-refractivity contribution in [2.24, 2.45) is 5.92 Å². The van der Waals surface area contributed by atoms with Gasteiger partial charge in [0.1, 0.15) is 5.69 Å². The third-order valence-electron chi connectivity index (χ3n) is 3.49. The second-order valence-electron chi connectivity index (χ2n) is 5.07. The number of hydrogen-bond acceptors (Lipinski definition) is 3. The van der Waals surface area contributed by atoms with Gasteiger partial charge in [0.25, 0.3) is 5.91 Å². The van der Waals surface area contributed by atoms with Crippen LogP contribution in [-0.4, -0.2) is 29.1 Å². The van der Waals surface area contributed by atoms with Gasteiger partial charge in [-0.25, -0.2) is 4.98 Å². The van der Waals surface area contributed by atoms with E-state index in [1.54, 1.807) is 18.3 Å². The number of aliphatic hydroxyl groups is 1. The monoisotopic (exact) mass is 272 g/mol. The summed E-state index contributed by atoms with van der Waals surface area (Å²) in [5.41, 5.74) is 1.18. The number of aromatic nitrogens is 1. The molecule has 0 saturated heterocycles. The van der Waals surface area contributed by atoms with Crippen molar-refractivity contribution in [1.82, 2.24) is 10.3 Å². The summed E-state index contributed by atoms with van der Waals surface area (Å²) >= 11 is 0. The van der Waals surface area contributed by atoms with Crippen molar-refractivity contribution in [3.05, 3.63) is 29.6 Å². The zero-order valence-corrected chi connectivity index (χ0v) is 11.6. The summed E-state index contributed by atoms with van der Waals surface area (Å²) in [4.78, 5) is 16.1. The van der Waals surface area contributed by atoms with Crippen molar-refractivity contribution in [2.45, 2.75) is 32.1 Å². The summed E-state index contributed by atoms with van der Waals surface area (Å²) in [6, 6.07) is 3.47. The molecule has 0 atom stereocenters. The van der Waals surface area contributed by atoms with E-state index in [9.17, 15) is 4.79 Å². The van der Waals surface area contributed by atoms with Crippen LogP contribution in [0.4, 0.5) is 0 Å². The Morgan fingerprint density at radius 1 is 1.40 bits per heavy atom. The van der Waals surface area contributed by atoms with Gasteiger partial charge in [0.2, 0.25) is 0 Å². The molecule has 0 bridgehead atoms. The van der Waals surface area contributed by atoms with E-state index in [0.29, 0.717) is 18.0 Å². The molecule has 20 heavy (non-hydrogen) atoms. The molecule has 1 aromatic rings. The molecule has 0 radical (unpaired) electrons. The quantitative estimate of drug-likeness (QED) is 0.821. The first kappa shape index (κ1) is 14.5. The fourth-order valence-corrected chi connectivity index (χ4v) is 2.36. The average molecular weight is 272 g/mol. The van der Waals surface area contributed by atoms with Crippen LogP contribution in [0.15, 0.2) is 18.3 Å². The molecule has 1 saturated carbocycles. The van der Waals surface area contributed by atoms with Gasteiger partial charge < -0.3 is 10.4 Å². The topological polar surface area (TPSA) is 62.2 Å². The molecular formula is C16H20N2O2. The van der Waals surface area contributed by atoms with Crippen molar-refractivity contribution < 1.29 is 9.90 Å². The van der Waals surface area contributed by atoms with E-state index < -0.39 is 0 Å². The zero-order chi connectivity index (χ0) is 14.2. The summed E-state index contributed by atoms with van der Waals surface area (Å²) in [5.74, 6) is 6.21. The van der Waals surface area contributed by atoms with Gasteiger partial charge in [-0.2, -0.15) is 0 Å². The molecule has 0 unspecified atom stereocenters. The summed E-state index contributed by atoms with van der Waals surface area (Å²) in [6.07, 6.45) is 7.03. The minimum atomic E-state index is -0.119. The van der Waals surface area contributed by atoms with E-state index in [0.717, 1.165) is 12.1 Å². The van der Waals surface area contributed by atoms with Crippen LogP contribution in [-0.2, 0) is 0 Å². The standard InChI is InChI=1S/C16H20N2O2/c19-10-4-3-7-14-8-9-15(17-11-14)16(20)18-12-13-5-1-2-6-13/h8-9,11,13,19H,1-2,4-6,10,12H2,(H,18,20). The van der Waals surface area contributed by atoms with Crippen LogP contribution in [0.25, 0.3) is 0 Å². The van der Waals surface area contributed by atoms with Crippen molar-refractivity contribution in [2.75, 3.05) is 13.2 Å². The molecule has 1 amide bonds. The zero-order valence-electron chi connectivity index (χ0n) is 11.6. The summed E-state index contributed by atoms with van der Waals surface area (Å²) in [6.45, 7) is 0.806. The molecule has 2 rings (SSSR count). The molecule has 1 aliphatic carbocycles. The number of aliphatic hydroxyl groups excluding tert-OH is 1.